The zero-order chi connectivity index (χ0) is 7.68. The Morgan fingerprint density at radius 2 is 2.00 bits per heavy atom. The summed E-state index contributed by atoms with van der Waals surface area (Å²) in [5.74, 6) is 0.868. The molecule has 0 aliphatic heterocycles. The van der Waals surface area contributed by atoms with Crippen LogP contribution < -0.4 is 4.74 Å². The van der Waals surface area contributed by atoms with Crippen molar-refractivity contribution in [3.8, 4) is 5.88 Å². The molecular formula is C9H9NO. The fraction of sp³-hybridized carbons (Fsp3) is 0.111. The second-order valence-electron chi connectivity index (χ2n) is 2.37. The van der Waals surface area contributed by atoms with E-state index in [1.54, 1.807) is 7.11 Å². The maximum absolute atomic E-state index is 5.15. The van der Waals surface area contributed by atoms with Gasteiger partial charge in [0.05, 0.1) is 7.11 Å². The van der Waals surface area contributed by atoms with Gasteiger partial charge >= 0.3 is 0 Å². The minimum absolute atomic E-state index is 0.868. The first kappa shape index (κ1) is 6.28. The number of fused-ring (bicyclic) bond motifs is 1. The van der Waals surface area contributed by atoms with Crippen LogP contribution in [0.5, 0.6) is 5.88 Å². The molecule has 0 radical (unpaired) electrons. The van der Waals surface area contributed by atoms with E-state index in [1.165, 1.54) is 0 Å². The van der Waals surface area contributed by atoms with Crippen LogP contribution in [0.1, 0.15) is 0 Å². The first-order valence-corrected chi connectivity index (χ1v) is 3.52. The van der Waals surface area contributed by atoms with Crippen LogP contribution in [0.2, 0.25) is 0 Å². The summed E-state index contributed by atoms with van der Waals surface area (Å²) < 4.78 is 7.15. The van der Waals surface area contributed by atoms with Gasteiger partial charge in [0.25, 0.3) is 0 Å². The van der Waals surface area contributed by atoms with Crippen LogP contribution in [0, 0.1) is 0 Å². The van der Waals surface area contributed by atoms with Crippen molar-refractivity contribution in [1.82, 2.24) is 4.40 Å². The molecule has 0 aliphatic carbocycles. The number of hydrogen-bond acceptors (Lipinski definition) is 1. The van der Waals surface area contributed by atoms with Gasteiger partial charge in [-0.05, 0) is 24.3 Å². The molecular weight excluding hydrogens is 138 g/mol. The highest BCUT2D eigenvalue weighted by Crippen LogP contribution is 2.13. The lowest BCUT2D eigenvalue weighted by Crippen LogP contribution is -1.90. The van der Waals surface area contributed by atoms with E-state index in [9.17, 15) is 0 Å². The van der Waals surface area contributed by atoms with Crippen LogP contribution in [-0.2, 0) is 0 Å². The van der Waals surface area contributed by atoms with Gasteiger partial charge in [-0.15, -0.1) is 0 Å². The summed E-state index contributed by atoms with van der Waals surface area (Å²) in [4.78, 5) is 0. The number of ether oxygens (including phenoxy) is 1. The number of pyridine rings is 1. The second-order valence-corrected chi connectivity index (χ2v) is 2.37. The quantitative estimate of drug-likeness (QED) is 0.601. The summed E-state index contributed by atoms with van der Waals surface area (Å²) in [6, 6.07) is 10.0. The predicted molar refractivity (Wildman–Crippen MR) is 43.9 cm³/mol. The van der Waals surface area contributed by atoms with Crippen molar-refractivity contribution in [1.29, 1.82) is 0 Å². The number of aromatic nitrogens is 1. The Balaban J connectivity index is 2.79. The maximum atomic E-state index is 5.15. The second kappa shape index (κ2) is 2.31. The van der Waals surface area contributed by atoms with Crippen LogP contribution in [0.4, 0.5) is 0 Å². The number of nitrogens with zero attached hydrogens (tertiary/aromatic N) is 1. The molecule has 56 valence electrons. The van der Waals surface area contributed by atoms with E-state index in [0.717, 1.165) is 11.4 Å². The van der Waals surface area contributed by atoms with Gasteiger partial charge in [0.2, 0.25) is 0 Å². The molecule has 2 nitrogen and oxygen atoms in total. The SMILES string of the molecule is COc1cccc2cccn12. The van der Waals surface area contributed by atoms with Crippen LogP contribution in [0.25, 0.3) is 5.52 Å². The summed E-state index contributed by atoms with van der Waals surface area (Å²) in [5.41, 5.74) is 1.16. The third-order valence-corrected chi connectivity index (χ3v) is 1.73. The lowest BCUT2D eigenvalue weighted by Gasteiger charge is -2.02. The van der Waals surface area contributed by atoms with Gasteiger partial charge in [0.1, 0.15) is 0 Å². The fourth-order valence-electron chi connectivity index (χ4n) is 1.21. The van der Waals surface area contributed by atoms with Crippen LogP contribution in [0.15, 0.2) is 36.5 Å². The molecule has 0 spiro atoms. The molecule has 0 fully saturated rings. The Bertz CT molecular complexity index is 364. The molecule has 0 amide bonds. The van der Waals surface area contributed by atoms with E-state index in [4.69, 9.17) is 4.74 Å². The lowest BCUT2D eigenvalue weighted by molar-refractivity contribution is 0.392. The Morgan fingerprint density at radius 3 is 2.82 bits per heavy atom. The number of methoxy groups -OCH3 is 1. The molecule has 11 heavy (non-hydrogen) atoms. The first-order valence-electron chi connectivity index (χ1n) is 3.52. The summed E-state index contributed by atoms with van der Waals surface area (Å²) >= 11 is 0. The van der Waals surface area contributed by atoms with Crippen LogP contribution >= 0.6 is 0 Å². The molecule has 0 bridgehead atoms. The molecule has 2 heterocycles. The Labute approximate surface area is 65.0 Å². The summed E-state index contributed by atoms with van der Waals surface area (Å²) in [6.45, 7) is 0. The average Bonchev–Trinajstić information content (AvgIpc) is 2.50. The molecule has 0 saturated heterocycles. The Kier molecular flexibility index (Phi) is 1.32. The van der Waals surface area contributed by atoms with Gasteiger partial charge in [-0.25, -0.2) is 0 Å². The number of hydrogen-bond donors (Lipinski definition) is 0. The van der Waals surface area contributed by atoms with E-state index in [2.05, 4.69) is 0 Å². The highest BCUT2D eigenvalue weighted by Gasteiger charge is 1.95. The molecule has 2 rings (SSSR count). The minimum atomic E-state index is 0.868. The van der Waals surface area contributed by atoms with Gasteiger partial charge in [-0.2, -0.15) is 0 Å². The molecule has 0 aliphatic rings. The van der Waals surface area contributed by atoms with Gasteiger partial charge < -0.3 is 4.74 Å². The predicted octanol–water partition coefficient (Wildman–Crippen LogP) is 1.95. The Morgan fingerprint density at radius 1 is 1.18 bits per heavy atom. The van der Waals surface area contributed by atoms with Crippen molar-refractivity contribution < 1.29 is 4.74 Å². The van der Waals surface area contributed by atoms with Crippen molar-refractivity contribution in [3.05, 3.63) is 36.5 Å². The summed E-state index contributed by atoms with van der Waals surface area (Å²) in [7, 11) is 1.68. The van der Waals surface area contributed by atoms with Gasteiger partial charge in [0.15, 0.2) is 5.88 Å². The van der Waals surface area contributed by atoms with E-state index in [1.807, 2.05) is 40.9 Å². The average molecular weight is 147 g/mol. The van der Waals surface area contributed by atoms with Gasteiger partial charge in [-0.3, -0.25) is 4.40 Å². The monoisotopic (exact) mass is 147 g/mol. The fourth-order valence-corrected chi connectivity index (χ4v) is 1.21. The topological polar surface area (TPSA) is 13.6 Å². The molecule has 0 unspecified atom stereocenters. The highest BCUT2D eigenvalue weighted by atomic mass is 16.5. The first-order chi connectivity index (χ1) is 5.42. The highest BCUT2D eigenvalue weighted by molar-refractivity contribution is 5.49. The van der Waals surface area contributed by atoms with E-state index in [0.29, 0.717) is 0 Å². The molecule has 0 aromatic carbocycles. The standard InChI is InChI=1S/C9H9NO/c1-11-9-6-2-4-8-5-3-7-10(8)9/h2-7H,1H3. The van der Waals surface area contributed by atoms with Gasteiger partial charge in [0, 0.05) is 11.7 Å². The van der Waals surface area contributed by atoms with Crippen molar-refractivity contribution in [2.75, 3.05) is 7.11 Å². The molecule has 2 aromatic rings. The van der Waals surface area contributed by atoms with E-state index >= 15 is 0 Å². The van der Waals surface area contributed by atoms with Gasteiger partial charge in [-0.1, -0.05) is 6.07 Å². The molecule has 0 saturated carbocycles. The minimum Gasteiger partial charge on any atom is -0.482 e. The van der Waals surface area contributed by atoms with Crippen molar-refractivity contribution in [2.45, 2.75) is 0 Å². The maximum Gasteiger partial charge on any atom is 0.197 e. The number of rotatable bonds is 1. The van der Waals surface area contributed by atoms with E-state index < -0.39 is 0 Å². The largest absolute Gasteiger partial charge is 0.482 e. The van der Waals surface area contributed by atoms with E-state index in [-0.39, 0.29) is 0 Å². The Hall–Kier alpha value is -1.44. The van der Waals surface area contributed by atoms with Crippen LogP contribution in [-0.4, -0.2) is 11.5 Å². The summed E-state index contributed by atoms with van der Waals surface area (Å²) in [5, 5.41) is 0. The van der Waals surface area contributed by atoms with Crippen molar-refractivity contribution in [2.24, 2.45) is 0 Å². The van der Waals surface area contributed by atoms with Crippen molar-refractivity contribution in [3.63, 3.8) is 0 Å². The smallest absolute Gasteiger partial charge is 0.197 e. The molecule has 2 aromatic heterocycles. The third-order valence-electron chi connectivity index (χ3n) is 1.73. The lowest BCUT2D eigenvalue weighted by atomic mass is 10.4. The van der Waals surface area contributed by atoms with Crippen molar-refractivity contribution >= 4 is 5.52 Å². The third kappa shape index (κ3) is 0.871. The molecule has 0 N–H and O–H groups in total. The zero-order valence-electron chi connectivity index (χ0n) is 6.32. The van der Waals surface area contributed by atoms with Crippen LogP contribution in [0.3, 0.4) is 0 Å². The zero-order valence-corrected chi connectivity index (χ0v) is 6.32. The summed E-state index contributed by atoms with van der Waals surface area (Å²) in [6.07, 6.45) is 1.98. The molecule has 2 heteroatoms. The normalized spacial score (nSPS) is 10.3. The molecule has 0 atom stereocenters.